The fourth-order valence-corrected chi connectivity index (χ4v) is 5.42. The van der Waals surface area contributed by atoms with E-state index in [1.54, 1.807) is 37.3 Å². The molecule has 0 unspecified atom stereocenters. The minimum absolute atomic E-state index is 0.0449. The van der Waals surface area contributed by atoms with Crippen molar-refractivity contribution in [3.63, 3.8) is 0 Å². The van der Waals surface area contributed by atoms with Gasteiger partial charge in [-0.2, -0.15) is 0 Å². The van der Waals surface area contributed by atoms with Crippen LogP contribution in [0.3, 0.4) is 0 Å². The van der Waals surface area contributed by atoms with Crippen molar-refractivity contribution in [2.24, 2.45) is 0 Å². The van der Waals surface area contributed by atoms with E-state index in [-0.39, 0.29) is 5.75 Å². The van der Waals surface area contributed by atoms with Crippen molar-refractivity contribution in [3.8, 4) is 0 Å². The van der Waals surface area contributed by atoms with Gasteiger partial charge >= 0.3 is 0 Å². The molecule has 0 saturated carbocycles. The van der Waals surface area contributed by atoms with Crippen molar-refractivity contribution in [2.45, 2.75) is 31.6 Å². The van der Waals surface area contributed by atoms with E-state index in [2.05, 4.69) is 19.2 Å². The van der Waals surface area contributed by atoms with Gasteiger partial charge in [0.1, 0.15) is 0 Å². The van der Waals surface area contributed by atoms with E-state index in [0.29, 0.717) is 17.1 Å². The molecule has 0 spiro atoms. The Labute approximate surface area is 198 Å². The van der Waals surface area contributed by atoms with Crippen LogP contribution in [0.15, 0.2) is 53.4 Å². The van der Waals surface area contributed by atoms with Gasteiger partial charge in [-0.05, 0) is 63.6 Å². The average molecular weight is 495 g/mol. The second-order valence-electron chi connectivity index (χ2n) is 8.30. The Morgan fingerprint density at radius 3 is 2.27 bits per heavy atom. The van der Waals surface area contributed by atoms with Crippen LogP contribution in [0, 0.1) is 6.92 Å². The first kappa shape index (κ1) is 25.5. The summed E-state index contributed by atoms with van der Waals surface area (Å²) in [6.07, 6.45) is 1.70. The molecule has 3 rings (SSSR count). The lowest BCUT2D eigenvalue weighted by Gasteiger charge is -2.36. The molecule has 8 nitrogen and oxygen atoms in total. The van der Waals surface area contributed by atoms with Gasteiger partial charge in [0, 0.05) is 38.4 Å². The highest BCUT2D eigenvalue weighted by Gasteiger charge is 2.18. The number of aryl methyl sites for hydroxylation is 1. The average Bonchev–Trinajstić information content (AvgIpc) is 2.79. The maximum atomic E-state index is 12.3. The van der Waals surface area contributed by atoms with Gasteiger partial charge in [0.05, 0.1) is 16.3 Å². The first-order valence-corrected chi connectivity index (χ1v) is 14.5. The van der Waals surface area contributed by atoms with E-state index in [4.69, 9.17) is 0 Å². The van der Waals surface area contributed by atoms with Crippen molar-refractivity contribution < 1.29 is 16.8 Å². The molecule has 0 aliphatic carbocycles. The van der Waals surface area contributed by atoms with Crippen LogP contribution in [0.1, 0.15) is 25.3 Å². The number of anilines is 2. The molecular weight excluding hydrogens is 460 g/mol. The van der Waals surface area contributed by atoms with Crippen LogP contribution < -0.4 is 14.3 Å². The van der Waals surface area contributed by atoms with E-state index in [9.17, 15) is 16.8 Å². The second-order valence-corrected chi connectivity index (χ2v) is 12.1. The summed E-state index contributed by atoms with van der Waals surface area (Å²) in [6, 6.07) is 14.4. The summed E-state index contributed by atoms with van der Waals surface area (Å²) in [5.74, 6) is 0.0449. The van der Waals surface area contributed by atoms with Gasteiger partial charge < -0.3 is 4.90 Å². The minimum Gasteiger partial charge on any atom is -0.369 e. The molecular formula is C23H34N4O4S2. The molecule has 1 saturated heterocycles. The number of nitrogens with one attached hydrogen (secondary N) is 2. The van der Waals surface area contributed by atoms with Crippen LogP contribution in [0.25, 0.3) is 0 Å². The quantitative estimate of drug-likeness (QED) is 0.466. The van der Waals surface area contributed by atoms with Gasteiger partial charge in [-0.25, -0.2) is 21.6 Å². The molecule has 0 amide bonds. The molecule has 2 N–H and O–H groups in total. The SMILES string of the molecule is CCS(=O)(=O)Nc1cccc(N2CCN(CCCCNS(=O)(=O)c3ccc(C)cc3)CC2)c1. The van der Waals surface area contributed by atoms with Crippen molar-refractivity contribution >= 4 is 31.4 Å². The Balaban J connectivity index is 1.38. The smallest absolute Gasteiger partial charge is 0.240 e. The Kier molecular flexibility index (Phi) is 8.75. The molecule has 1 aliphatic heterocycles. The maximum absolute atomic E-state index is 12.3. The molecule has 33 heavy (non-hydrogen) atoms. The normalized spacial score (nSPS) is 15.5. The number of hydrogen-bond acceptors (Lipinski definition) is 6. The monoisotopic (exact) mass is 494 g/mol. The first-order valence-electron chi connectivity index (χ1n) is 11.3. The molecule has 1 heterocycles. The van der Waals surface area contributed by atoms with E-state index < -0.39 is 20.0 Å². The van der Waals surface area contributed by atoms with Crippen LogP contribution in [0.4, 0.5) is 11.4 Å². The summed E-state index contributed by atoms with van der Waals surface area (Å²) >= 11 is 0. The largest absolute Gasteiger partial charge is 0.369 e. The Bertz CT molecular complexity index is 1110. The fourth-order valence-electron chi connectivity index (χ4n) is 3.72. The second kappa shape index (κ2) is 11.3. The zero-order valence-electron chi connectivity index (χ0n) is 19.3. The number of nitrogens with zero attached hydrogens (tertiary/aromatic N) is 2. The predicted molar refractivity (Wildman–Crippen MR) is 134 cm³/mol. The van der Waals surface area contributed by atoms with Gasteiger partial charge in [-0.1, -0.05) is 23.8 Å². The van der Waals surface area contributed by atoms with Gasteiger partial charge in [0.25, 0.3) is 0 Å². The highest BCUT2D eigenvalue weighted by molar-refractivity contribution is 7.92. The number of piperazine rings is 1. The molecule has 10 heteroatoms. The van der Waals surface area contributed by atoms with E-state index in [1.807, 2.05) is 25.1 Å². The summed E-state index contributed by atoms with van der Waals surface area (Å²) in [5, 5.41) is 0. The summed E-state index contributed by atoms with van der Waals surface area (Å²) in [4.78, 5) is 4.95. The lowest BCUT2D eigenvalue weighted by molar-refractivity contribution is 0.253. The highest BCUT2D eigenvalue weighted by atomic mass is 32.2. The number of rotatable bonds is 11. The Hall–Kier alpha value is -2.14. The third-order valence-electron chi connectivity index (χ3n) is 5.76. The lowest BCUT2D eigenvalue weighted by atomic mass is 10.2. The van der Waals surface area contributed by atoms with Crippen LogP contribution in [-0.2, 0) is 20.0 Å². The number of hydrogen-bond donors (Lipinski definition) is 2. The minimum atomic E-state index is -3.45. The number of benzene rings is 2. The topological polar surface area (TPSA) is 98.8 Å². The van der Waals surface area contributed by atoms with Crippen molar-refractivity contribution in [3.05, 3.63) is 54.1 Å². The first-order chi connectivity index (χ1) is 15.7. The van der Waals surface area contributed by atoms with Gasteiger partial charge in [0.15, 0.2) is 0 Å². The zero-order valence-corrected chi connectivity index (χ0v) is 21.0. The highest BCUT2D eigenvalue weighted by Crippen LogP contribution is 2.22. The molecule has 2 aromatic rings. The van der Waals surface area contributed by atoms with E-state index in [1.165, 1.54) is 0 Å². The van der Waals surface area contributed by atoms with Crippen LogP contribution in [0.2, 0.25) is 0 Å². The van der Waals surface area contributed by atoms with E-state index >= 15 is 0 Å². The van der Waals surface area contributed by atoms with Crippen LogP contribution >= 0.6 is 0 Å². The summed E-state index contributed by atoms with van der Waals surface area (Å²) in [6.45, 7) is 8.46. The molecule has 0 radical (unpaired) electrons. The maximum Gasteiger partial charge on any atom is 0.240 e. The lowest BCUT2D eigenvalue weighted by Crippen LogP contribution is -2.46. The Morgan fingerprint density at radius 2 is 1.61 bits per heavy atom. The Morgan fingerprint density at radius 1 is 0.909 bits per heavy atom. The molecule has 182 valence electrons. The predicted octanol–water partition coefficient (Wildman–Crippen LogP) is 2.64. The van der Waals surface area contributed by atoms with Gasteiger partial charge in [-0.3, -0.25) is 9.62 Å². The molecule has 0 aromatic heterocycles. The molecule has 0 atom stereocenters. The summed E-state index contributed by atoms with van der Waals surface area (Å²) < 4.78 is 53.6. The standard InChI is InChI=1S/C23H34N4O4S2/c1-3-32(28,29)25-21-7-6-8-22(19-21)27-17-15-26(16-18-27)14-5-4-13-24-33(30,31)23-11-9-20(2)10-12-23/h6-12,19,24-25H,3-5,13-18H2,1-2H3. The third-order valence-corrected chi connectivity index (χ3v) is 8.55. The van der Waals surface area contributed by atoms with E-state index in [0.717, 1.165) is 56.8 Å². The molecule has 1 fully saturated rings. The van der Waals surface area contributed by atoms with Crippen molar-refractivity contribution in [1.82, 2.24) is 9.62 Å². The van der Waals surface area contributed by atoms with Crippen molar-refractivity contribution in [1.29, 1.82) is 0 Å². The van der Waals surface area contributed by atoms with Gasteiger partial charge in [0.2, 0.25) is 20.0 Å². The third kappa shape index (κ3) is 7.70. The molecule has 2 aromatic carbocycles. The molecule has 1 aliphatic rings. The summed E-state index contributed by atoms with van der Waals surface area (Å²) in [7, 11) is -6.74. The van der Waals surface area contributed by atoms with Crippen LogP contribution in [0.5, 0.6) is 0 Å². The van der Waals surface area contributed by atoms with Crippen molar-refractivity contribution in [2.75, 3.05) is 54.6 Å². The van der Waals surface area contributed by atoms with Gasteiger partial charge in [-0.15, -0.1) is 0 Å². The summed E-state index contributed by atoms with van der Waals surface area (Å²) in [5.41, 5.74) is 2.63. The number of sulfonamides is 2. The fraction of sp³-hybridized carbons (Fsp3) is 0.478. The zero-order chi connectivity index (χ0) is 23.9. The van der Waals surface area contributed by atoms with Crippen LogP contribution in [-0.4, -0.2) is 66.8 Å². The number of unbranched alkanes of at least 4 members (excludes halogenated alkanes) is 1. The molecule has 0 bridgehead atoms.